The van der Waals surface area contributed by atoms with Crippen molar-refractivity contribution in [3.8, 4) is 0 Å². The minimum atomic E-state index is -1.50. The number of nitrogens with zero attached hydrogens (tertiary/aromatic N) is 4. The number of hydrogen-bond donors (Lipinski definition) is 4. The second-order valence-electron chi connectivity index (χ2n) is 6.94. The Balaban J connectivity index is 0.000000454. The molecule has 0 bridgehead atoms. The lowest BCUT2D eigenvalue weighted by atomic mass is 9.78. The SMILES string of the molecule is CC.CC(C)(O)O.COC(CCC1CC(N)C1)n1cnc2c(N)ncnc21. The lowest BCUT2D eigenvalue weighted by molar-refractivity contribution is -0.127. The monoisotopic (exact) mass is 382 g/mol. The van der Waals surface area contributed by atoms with Crippen LogP contribution in [0.5, 0.6) is 0 Å². The van der Waals surface area contributed by atoms with E-state index in [1.165, 1.54) is 20.2 Å². The minimum absolute atomic E-state index is 0.0777. The van der Waals surface area contributed by atoms with Gasteiger partial charge in [-0.2, -0.15) is 0 Å². The Labute approximate surface area is 160 Å². The maximum absolute atomic E-state index is 8.08. The number of nitrogen functional groups attached to an aromatic ring is 1. The summed E-state index contributed by atoms with van der Waals surface area (Å²) in [6.07, 6.45) is 7.36. The first-order valence-corrected chi connectivity index (χ1v) is 9.35. The van der Waals surface area contributed by atoms with E-state index < -0.39 is 5.79 Å². The Morgan fingerprint density at radius 2 is 1.85 bits per heavy atom. The molecule has 0 saturated heterocycles. The zero-order valence-corrected chi connectivity index (χ0v) is 17.0. The van der Waals surface area contributed by atoms with E-state index in [4.69, 9.17) is 26.4 Å². The molecule has 1 aliphatic carbocycles. The van der Waals surface area contributed by atoms with E-state index in [0.717, 1.165) is 37.2 Å². The number of methoxy groups -OCH3 is 1. The molecule has 1 atom stereocenters. The van der Waals surface area contributed by atoms with E-state index in [-0.39, 0.29) is 6.23 Å². The molecular weight excluding hydrogens is 348 g/mol. The molecule has 2 heterocycles. The predicted octanol–water partition coefficient (Wildman–Crippen LogP) is 1.80. The summed E-state index contributed by atoms with van der Waals surface area (Å²) in [5, 5.41) is 16.2. The second kappa shape index (κ2) is 10.5. The molecule has 3 rings (SSSR count). The number of rotatable bonds is 5. The van der Waals surface area contributed by atoms with E-state index in [2.05, 4.69) is 15.0 Å². The van der Waals surface area contributed by atoms with Crippen molar-refractivity contribution in [2.75, 3.05) is 12.8 Å². The average molecular weight is 383 g/mol. The molecule has 0 spiro atoms. The second-order valence-corrected chi connectivity index (χ2v) is 6.94. The number of aromatic nitrogens is 4. The maximum Gasteiger partial charge on any atom is 0.167 e. The smallest absolute Gasteiger partial charge is 0.167 e. The van der Waals surface area contributed by atoms with Crippen LogP contribution in [0.2, 0.25) is 0 Å². The van der Waals surface area contributed by atoms with Gasteiger partial charge in [0.25, 0.3) is 0 Å². The van der Waals surface area contributed by atoms with Gasteiger partial charge in [-0.25, -0.2) is 15.0 Å². The number of hydrogen-bond acceptors (Lipinski definition) is 8. The summed E-state index contributed by atoms with van der Waals surface area (Å²) in [5.74, 6) is -0.384. The third-order valence-corrected chi connectivity index (χ3v) is 4.06. The quantitative estimate of drug-likeness (QED) is 0.573. The molecule has 1 unspecified atom stereocenters. The summed E-state index contributed by atoms with van der Waals surface area (Å²) >= 11 is 0. The van der Waals surface area contributed by atoms with Gasteiger partial charge in [-0.05, 0) is 45.4 Å². The Morgan fingerprint density at radius 1 is 1.26 bits per heavy atom. The molecule has 0 aromatic carbocycles. The maximum atomic E-state index is 8.08. The number of nitrogens with two attached hydrogens (primary N) is 2. The van der Waals surface area contributed by atoms with Gasteiger partial charge in [-0.15, -0.1) is 0 Å². The van der Waals surface area contributed by atoms with E-state index in [0.29, 0.717) is 17.4 Å². The van der Waals surface area contributed by atoms with Crippen LogP contribution in [0.3, 0.4) is 0 Å². The van der Waals surface area contributed by atoms with Gasteiger partial charge >= 0.3 is 0 Å². The highest BCUT2D eigenvalue weighted by Gasteiger charge is 2.27. The van der Waals surface area contributed by atoms with E-state index in [9.17, 15) is 0 Å². The molecule has 1 saturated carbocycles. The molecular formula is C18H34N6O3. The van der Waals surface area contributed by atoms with Gasteiger partial charge in [-0.1, -0.05) is 13.8 Å². The zero-order chi connectivity index (χ0) is 20.6. The minimum Gasteiger partial charge on any atom is -0.382 e. The fourth-order valence-electron chi connectivity index (χ4n) is 2.85. The van der Waals surface area contributed by atoms with Gasteiger partial charge in [0, 0.05) is 13.2 Å². The summed E-state index contributed by atoms with van der Waals surface area (Å²) in [4.78, 5) is 12.5. The molecule has 0 radical (unpaired) electrons. The average Bonchev–Trinajstić information content (AvgIpc) is 2.99. The van der Waals surface area contributed by atoms with Gasteiger partial charge < -0.3 is 26.4 Å². The van der Waals surface area contributed by atoms with Crippen molar-refractivity contribution in [3.05, 3.63) is 12.7 Å². The van der Waals surface area contributed by atoms with Crippen LogP contribution in [0.4, 0.5) is 5.82 Å². The molecule has 0 aliphatic heterocycles. The largest absolute Gasteiger partial charge is 0.382 e. The van der Waals surface area contributed by atoms with Crippen LogP contribution in [0, 0.1) is 5.92 Å². The fourth-order valence-corrected chi connectivity index (χ4v) is 2.85. The fraction of sp³-hybridized carbons (Fsp3) is 0.722. The van der Waals surface area contributed by atoms with Crippen molar-refractivity contribution in [3.63, 3.8) is 0 Å². The first-order valence-electron chi connectivity index (χ1n) is 9.35. The number of imidazole rings is 1. The highest BCUT2D eigenvalue weighted by molar-refractivity contribution is 5.81. The standard InChI is InChI=1S/C13H20N6O.C3H8O2.C2H6/c1-20-10(3-2-8-4-9(14)5-8)19-7-18-11-12(15)16-6-17-13(11)19;1-3(2,4)5;1-2/h6-10H,2-5,14H2,1H3,(H2,15,16,17);4-5H,1-2H3;1-2H3. The number of ether oxygens (including phenoxy) is 1. The molecule has 6 N–H and O–H groups in total. The van der Waals surface area contributed by atoms with Gasteiger partial charge in [0.05, 0.1) is 6.33 Å². The lowest BCUT2D eigenvalue weighted by Crippen LogP contribution is -2.36. The summed E-state index contributed by atoms with van der Waals surface area (Å²) in [6, 6.07) is 0.391. The molecule has 9 heteroatoms. The first kappa shape index (κ1) is 23.2. The van der Waals surface area contributed by atoms with Crippen LogP contribution < -0.4 is 11.5 Å². The van der Waals surface area contributed by atoms with Crippen molar-refractivity contribution in [1.29, 1.82) is 0 Å². The third kappa shape index (κ3) is 7.37. The van der Waals surface area contributed by atoms with Crippen molar-refractivity contribution >= 4 is 17.0 Å². The van der Waals surface area contributed by atoms with E-state index in [1.807, 2.05) is 18.4 Å². The summed E-state index contributed by atoms with van der Waals surface area (Å²) < 4.78 is 7.50. The molecule has 9 nitrogen and oxygen atoms in total. The van der Waals surface area contributed by atoms with Crippen molar-refractivity contribution in [2.24, 2.45) is 11.7 Å². The van der Waals surface area contributed by atoms with Gasteiger partial charge in [0.1, 0.15) is 18.1 Å². The van der Waals surface area contributed by atoms with Crippen LogP contribution in [0.15, 0.2) is 12.7 Å². The van der Waals surface area contributed by atoms with Crippen LogP contribution in [-0.2, 0) is 4.74 Å². The third-order valence-electron chi connectivity index (χ3n) is 4.06. The van der Waals surface area contributed by atoms with Gasteiger partial charge in [0.2, 0.25) is 0 Å². The normalized spacial score (nSPS) is 20.0. The van der Waals surface area contributed by atoms with Crippen LogP contribution in [0.1, 0.15) is 59.6 Å². The number of fused-ring (bicyclic) bond motifs is 1. The van der Waals surface area contributed by atoms with E-state index in [1.54, 1.807) is 13.4 Å². The Kier molecular flexibility index (Phi) is 9.04. The number of anilines is 1. The van der Waals surface area contributed by atoms with Gasteiger partial charge in [-0.3, -0.25) is 4.57 Å². The zero-order valence-electron chi connectivity index (χ0n) is 17.0. The highest BCUT2D eigenvalue weighted by atomic mass is 16.5. The molecule has 154 valence electrons. The first-order chi connectivity index (χ1) is 12.7. The molecule has 2 aromatic heterocycles. The highest BCUT2D eigenvalue weighted by Crippen LogP contribution is 2.32. The van der Waals surface area contributed by atoms with Crippen molar-refractivity contribution in [2.45, 2.75) is 71.4 Å². The van der Waals surface area contributed by atoms with Crippen molar-refractivity contribution < 1.29 is 14.9 Å². The van der Waals surface area contributed by atoms with E-state index >= 15 is 0 Å². The topological polar surface area (TPSA) is 145 Å². The Hall–Kier alpha value is -1.81. The molecule has 1 aliphatic rings. The Morgan fingerprint density at radius 3 is 2.37 bits per heavy atom. The summed E-state index contributed by atoms with van der Waals surface area (Å²) in [7, 11) is 1.70. The van der Waals surface area contributed by atoms with Crippen LogP contribution in [0.25, 0.3) is 11.2 Å². The van der Waals surface area contributed by atoms with Crippen LogP contribution >= 0.6 is 0 Å². The molecule has 27 heavy (non-hydrogen) atoms. The predicted molar refractivity (Wildman–Crippen MR) is 106 cm³/mol. The van der Waals surface area contributed by atoms with Crippen molar-refractivity contribution in [1.82, 2.24) is 19.5 Å². The Bertz CT molecular complexity index is 673. The summed E-state index contributed by atoms with van der Waals surface area (Å²) in [5.41, 5.74) is 13.0. The summed E-state index contributed by atoms with van der Waals surface area (Å²) in [6.45, 7) is 6.60. The number of aliphatic hydroxyl groups is 2. The van der Waals surface area contributed by atoms with Crippen LogP contribution in [-0.4, -0.2) is 48.7 Å². The molecule has 2 aromatic rings. The lowest BCUT2D eigenvalue weighted by Gasteiger charge is -2.33. The van der Waals surface area contributed by atoms with Gasteiger partial charge in [0.15, 0.2) is 17.3 Å². The molecule has 1 fully saturated rings. The molecule has 0 amide bonds.